The van der Waals surface area contributed by atoms with Crippen molar-refractivity contribution in [3.05, 3.63) is 29.3 Å². The second-order valence-electron chi connectivity index (χ2n) is 6.26. The summed E-state index contributed by atoms with van der Waals surface area (Å²) >= 11 is 6.31. The molecule has 0 atom stereocenters. The van der Waals surface area contributed by atoms with Crippen molar-refractivity contribution in [3.8, 4) is 0 Å². The highest BCUT2D eigenvalue weighted by Gasteiger charge is 2.21. The molecule has 0 aromatic heterocycles. The van der Waals surface area contributed by atoms with Crippen molar-refractivity contribution in [1.29, 1.82) is 0 Å². The summed E-state index contributed by atoms with van der Waals surface area (Å²) in [6.07, 6.45) is 1.38. The molecule has 0 spiro atoms. The van der Waals surface area contributed by atoms with Crippen molar-refractivity contribution < 1.29 is 4.79 Å². The van der Waals surface area contributed by atoms with Crippen LogP contribution >= 0.6 is 11.6 Å². The molecule has 2 rings (SSSR count). The summed E-state index contributed by atoms with van der Waals surface area (Å²) in [4.78, 5) is 20.9. The first-order valence-corrected chi connectivity index (χ1v) is 9.83. The molecule has 6 nitrogen and oxygen atoms in total. The highest BCUT2D eigenvalue weighted by Crippen LogP contribution is 2.25. The molecule has 1 saturated heterocycles. The van der Waals surface area contributed by atoms with Gasteiger partial charge in [0.1, 0.15) is 0 Å². The van der Waals surface area contributed by atoms with E-state index in [4.69, 9.17) is 11.6 Å². The Morgan fingerprint density at radius 1 is 1.15 bits per heavy atom. The number of halogens is 1. The van der Waals surface area contributed by atoms with E-state index in [9.17, 15) is 4.79 Å². The highest BCUT2D eigenvalue weighted by molar-refractivity contribution is 6.33. The molecule has 0 bridgehead atoms. The predicted octanol–water partition coefficient (Wildman–Crippen LogP) is 2.34. The van der Waals surface area contributed by atoms with Gasteiger partial charge < -0.3 is 20.4 Å². The molecule has 7 heteroatoms. The van der Waals surface area contributed by atoms with E-state index in [-0.39, 0.29) is 5.91 Å². The van der Waals surface area contributed by atoms with Gasteiger partial charge in [0.2, 0.25) is 5.91 Å². The Morgan fingerprint density at radius 3 is 2.54 bits per heavy atom. The molecule has 1 aromatic rings. The first-order chi connectivity index (χ1) is 12.7. The van der Waals surface area contributed by atoms with Gasteiger partial charge in [-0.15, -0.1) is 0 Å². The van der Waals surface area contributed by atoms with Gasteiger partial charge in [0.15, 0.2) is 5.96 Å². The summed E-state index contributed by atoms with van der Waals surface area (Å²) in [5.74, 6) is 0.949. The number of amides is 1. The third kappa shape index (κ3) is 6.09. The molecule has 2 N–H and O–H groups in total. The van der Waals surface area contributed by atoms with Gasteiger partial charge in [-0.3, -0.25) is 9.79 Å². The van der Waals surface area contributed by atoms with Crippen LogP contribution in [-0.4, -0.2) is 62.6 Å². The maximum absolute atomic E-state index is 11.7. The van der Waals surface area contributed by atoms with Crippen molar-refractivity contribution >= 4 is 29.2 Å². The number of nitrogens with zero attached hydrogens (tertiary/aromatic N) is 3. The van der Waals surface area contributed by atoms with Gasteiger partial charge in [-0.2, -0.15) is 0 Å². The van der Waals surface area contributed by atoms with Gasteiger partial charge in [-0.05, 0) is 25.5 Å². The predicted molar refractivity (Wildman–Crippen MR) is 109 cm³/mol. The van der Waals surface area contributed by atoms with Gasteiger partial charge in [0.25, 0.3) is 0 Å². The van der Waals surface area contributed by atoms with E-state index in [0.717, 1.165) is 62.4 Å². The normalized spacial score (nSPS) is 15.1. The van der Waals surface area contributed by atoms with Crippen LogP contribution in [0.15, 0.2) is 29.3 Å². The monoisotopic (exact) mass is 379 g/mol. The largest absolute Gasteiger partial charge is 0.367 e. The molecule has 0 radical (unpaired) electrons. The van der Waals surface area contributed by atoms with Crippen LogP contribution in [0.1, 0.15) is 26.7 Å². The molecule has 1 fully saturated rings. The average molecular weight is 380 g/mol. The molecule has 144 valence electrons. The number of benzene rings is 1. The smallest absolute Gasteiger partial charge is 0.221 e. The van der Waals surface area contributed by atoms with E-state index in [2.05, 4.69) is 38.4 Å². The molecule has 1 aromatic carbocycles. The first-order valence-electron chi connectivity index (χ1n) is 9.45. The lowest BCUT2D eigenvalue weighted by molar-refractivity contribution is -0.120. The van der Waals surface area contributed by atoms with Crippen molar-refractivity contribution in [1.82, 2.24) is 15.5 Å². The van der Waals surface area contributed by atoms with Crippen LogP contribution < -0.4 is 15.5 Å². The minimum atomic E-state index is 0.0648. The van der Waals surface area contributed by atoms with Gasteiger partial charge in [0, 0.05) is 45.7 Å². The molecular formula is C19H30ClN5O. The van der Waals surface area contributed by atoms with E-state index >= 15 is 0 Å². The zero-order valence-electron chi connectivity index (χ0n) is 15.8. The summed E-state index contributed by atoms with van der Waals surface area (Å²) in [5, 5.41) is 7.01. The topological polar surface area (TPSA) is 60.0 Å². The number of nitrogens with one attached hydrogen (secondary N) is 2. The average Bonchev–Trinajstić information content (AvgIpc) is 2.66. The number of hydrogen-bond acceptors (Lipinski definition) is 3. The lowest BCUT2D eigenvalue weighted by Gasteiger charge is -2.38. The molecular weight excluding hydrogens is 350 g/mol. The molecule has 0 unspecified atom stereocenters. The summed E-state index contributed by atoms with van der Waals surface area (Å²) in [6, 6.07) is 7.96. The molecule has 1 heterocycles. The second-order valence-corrected chi connectivity index (χ2v) is 6.67. The number of hydrogen-bond donors (Lipinski definition) is 2. The lowest BCUT2D eigenvalue weighted by Crippen LogP contribution is -2.52. The SMILES string of the molecule is CCCNC(=O)CCN=C(NCC)N1CCN(c2ccccc2Cl)CC1. The number of guanidine groups is 1. The van der Waals surface area contributed by atoms with Gasteiger partial charge in [-0.1, -0.05) is 30.7 Å². The van der Waals surface area contributed by atoms with Crippen LogP contribution in [0.2, 0.25) is 5.02 Å². The minimum absolute atomic E-state index is 0.0648. The van der Waals surface area contributed by atoms with Crippen molar-refractivity contribution in [2.45, 2.75) is 26.7 Å². The summed E-state index contributed by atoms with van der Waals surface area (Å²) in [7, 11) is 0. The zero-order valence-corrected chi connectivity index (χ0v) is 16.6. The van der Waals surface area contributed by atoms with Crippen LogP contribution in [0.5, 0.6) is 0 Å². The highest BCUT2D eigenvalue weighted by atomic mass is 35.5. The van der Waals surface area contributed by atoms with E-state index in [1.807, 2.05) is 25.1 Å². The second kappa shape index (κ2) is 10.9. The molecule has 1 aliphatic heterocycles. The number of anilines is 1. The van der Waals surface area contributed by atoms with Crippen LogP contribution in [0.4, 0.5) is 5.69 Å². The van der Waals surface area contributed by atoms with Crippen molar-refractivity contribution in [2.24, 2.45) is 4.99 Å². The lowest BCUT2D eigenvalue weighted by atomic mass is 10.2. The Balaban J connectivity index is 1.88. The van der Waals surface area contributed by atoms with Crippen LogP contribution in [-0.2, 0) is 4.79 Å². The third-order valence-corrected chi connectivity index (χ3v) is 4.60. The first kappa shape index (κ1) is 20.4. The summed E-state index contributed by atoms with van der Waals surface area (Å²) in [5.41, 5.74) is 1.09. The van der Waals surface area contributed by atoms with E-state index in [0.29, 0.717) is 13.0 Å². The van der Waals surface area contributed by atoms with E-state index in [1.165, 1.54) is 0 Å². The maximum atomic E-state index is 11.7. The van der Waals surface area contributed by atoms with E-state index < -0.39 is 0 Å². The Hall–Kier alpha value is -1.95. The number of rotatable bonds is 7. The van der Waals surface area contributed by atoms with Gasteiger partial charge in [-0.25, -0.2) is 0 Å². The number of piperazine rings is 1. The quantitative estimate of drug-likeness (QED) is 0.564. The van der Waals surface area contributed by atoms with Crippen LogP contribution in [0.25, 0.3) is 0 Å². The summed E-state index contributed by atoms with van der Waals surface area (Å²) < 4.78 is 0. The molecule has 0 saturated carbocycles. The Kier molecular flexibility index (Phi) is 8.54. The molecule has 0 aliphatic carbocycles. The fourth-order valence-electron chi connectivity index (χ4n) is 2.91. The standard InChI is InChI=1S/C19H30ClN5O/c1-3-10-22-18(26)9-11-23-19(21-4-2)25-14-12-24(13-15-25)17-8-6-5-7-16(17)20/h5-8H,3-4,9-15H2,1-2H3,(H,21,23)(H,22,26). The number of aliphatic imine (C=N–C) groups is 1. The van der Waals surface area contributed by atoms with Gasteiger partial charge in [0.05, 0.1) is 17.3 Å². The Bertz CT molecular complexity index is 599. The zero-order chi connectivity index (χ0) is 18.8. The van der Waals surface area contributed by atoms with Crippen LogP contribution in [0.3, 0.4) is 0 Å². The Morgan fingerprint density at radius 2 is 1.88 bits per heavy atom. The number of para-hydroxylation sites is 1. The number of carbonyl (C=O) groups is 1. The minimum Gasteiger partial charge on any atom is -0.367 e. The summed E-state index contributed by atoms with van der Waals surface area (Å²) in [6.45, 7) is 9.68. The van der Waals surface area contributed by atoms with Crippen LogP contribution in [0, 0.1) is 0 Å². The fourth-order valence-corrected chi connectivity index (χ4v) is 3.16. The number of carbonyl (C=O) groups excluding carboxylic acids is 1. The maximum Gasteiger partial charge on any atom is 0.221 e. The van der Waals surface area contributed by atoms with E-state index in [1.54, 1.807) is 0 Å². The van der Waals surface area contributed by atoms with Gasteiger partial charge >= 0.3 is 0 Å². The molecule has 1 aliphatic rings. The van der Waals surface area contributed by atoms with Crippen molar-refractivity contribution in [2.75, 3.05) is 50.7 Å². The van der Waals surface area contributed by atoms with Crippen molar-refractivity contribution in [3.63, 3.8) is 0 Å². The molecule has 26 heavy (non-hydrogen) atoms. The Labute approximate surface area is 161 Å². The fraction of sp³-hybridized carbons (Fsp3) is 0.579. The molecule has 1 amide bonds. The third-order valence-electron chi connectivity index (χ3n) is 4.28.